The summed E-state index contributed by atoms with van der Waals surface area (Å²) in [5.41, 5.74) is 1.84. The van der Waals surface area contributed by atoms with Gasteiger partial charge in [-0.3, -0.25) is 4.79 Å². The molecule has 0 unspecified atom stereocenters. The Morgan fingerprint density at radius 2 is 2.28 bits per heavy atom. The van der Waals surface area contributed by atoms with Gasteiger partial charge >= 0.3 is 0 Å². The number of nitrogens with one attached hydrogen (secondary N) is 1. The molecular formula is C19H24N2O3S. The van der Waals surface area contributed by atoms with Crippen LogP contribution in [0.15, 0.2) is 35.7 Å². The lowest BCUT2D eigenvalue weighted by atomic mass is 10.2. The quantitative estimate of drug-likeness (QED) is 0.520. The molecule has 25 heavy (non-hydrogen) atoms. The van der Waals surface area contributed by atoms with Gasteiger partial charge in [-0.05, 0) is 44.0 Å². The zero-order valence-corrected chi connectivity index (χ0v) is 15.5. The van der Waals surface area contributed by atoms with Crippen LogP contribution in [-0.4, -0.2) is 30.6 Å². The molecule has 0 saturated carbocycles. The Hall–Kier alpha value is -2.18. The number of carbonyl (C=O) groups is 1. The van der Waals surface area contributed by atoms with Crippen molar-refractivity contribution >= 4 is 23.3 Å². The van der Waals surface area contributed by atoms with Crippen molar-refractivity contribution in [1.29, 1.82) is 0 Å². The third-order valence-electron chi connectivity index (χ3n) is 3.31. The van der Waals surface area contributed by atoms with E-state index in [1.807, 2.05) is 43.5 Å². The molecule has 0 aliphatic carbocycles. The number of hydrogen-bond donors (Lipinski definition) is 1. The van der Waals surface area contributed by atoms with Crippen LogP contribution < -0.4 is 10.1 Å². The van der Waals surface area contributed by atoms with Crippen LogP contribution in [0.5, 0.6) is 5.75 Å². The van der Waals surface area contributed by atoms with Gasteiger partial charge < -0.3 is 14.8 Å². The van der Waals surface area contributed by atoms with Gasteiger partial charge in [0.25, 0.3) is 0 Å². The van der Waals surface area contributed by atoms with Crippen LogP contribution in [0.2, 0.25) is 0 Å². The second-order valence-electron chi connectivity index (χ2n) is 5.39. The van der Waals surface area contributed by atoms with E-state index in [0.29, 0.717) is 26.4 Å². The summed E-state index contributed by atoms with van der Waals surface area (Å²) in [6.45, 7) is 6.35. The summed E-state index contributed by atoms with van der Waals surface area (Å²) in [6.07, 6.45) is 4.12. The predicted octanol–water partition coefficient (Wildman–Crippen LogP) is 3.59. The van der Waals surface area contributed by atoms with Crippen molar-refractivity contribution in [2.75, 3.05) is 19.8 Å². The molecule has 2 aromatic rings. The molecule has 0 saturated heterocycles. The van der Waals surface area contributed by atoms with E-state index in [-0.39, 0.29) is 5.91 Å². The summed E-state index contributed by atoms with van der Waals surface area (Å²) in [6, 6.07) is 7.63. The van der Waals surface area contributed by atoms with Crippen molar-refractivity contribution in [3.63, 3.8) is 0 Å². The highest BCUT2D eigenvalue weighted by atomic mass is 32.1. The predicted molar refractivity (Wildman–Crippen MR) is 101 cm³/mol. The van der Waals surface area contributed by atoms with Crippen LogP contribution in [0.4, 0.5) is 0 Å². The summed E-state index contributed by atoms with van der Waals surface area (Å²) < 4.78 is 11.0. The van der Waals surface area contributed by atoms with E-state index >= 15 is 0 Å². The van der Waals surface area contributed by atoms with E-state index in [1.54, 1.807) is 17.4 Å². The third kappa shape index (κ3) is 7.49. The van der Waals surface area contributed by atoms with Gasteiger partial charge in [0, 0.05) is 31.2 Å². The fourth-order valence-corrected chi connectivity index (χ4v) is 2.70. The number of aromatic nitrogens is 1. The Labute approximate surface area is 152 Å². The van der Waals surface area contributed by atoms with Crippen molar-refractivity contribution in [3.8, 4) is 5.75 Å². The van der Waals surface area contributed by atoms with Gasteiger partial charge in [0.2, 0.25) is 5.91 Å². The lowest BCUT2D eigenvalue weighted by Gasteiger charge is -2.05. The highest BCUT2D eigenvalue weighted by Crippen LogP contribution is 2.17. The molecule has 2 rings (SSSR count). The lowest BCUT2D eigenvalue weighted by Crippen LogP contribution is -2.23. The first-order valence-electron chi connectivity index (χ1n) is 8.35. The number of rotatable bonds is 10. The van der Waals surface area contributed by atoms with Crippen LogP contribution in [0.1, 0.15) is 29.6 Å². The molecule has 0 aliphatic rings. The molecule has 1 aromatic carbocycles. The average Bonchev–Trinajstić information content (AvgIpc) is 3.04. The zero-order chi connectivity index (χ0) is 17.9. The molecule has 0 radical (unpaired) electrons. The number of aryl methyl sites for hydroxylation is 1. The van der Waals surface area contributed by atoms with E-state index in [1.165, 1.54) is 6.08 Å². The molecular weight excluding hydrogens is 336 g/mol. The van der Waals surface area contributed by atoms with Crippen molar-refractivity contribution in [2.45, 2.75) is 26.9 Å². The van der Waals surface area contributed by atoms with E-state index in [9.17, 15) is 4.79 Å². The van der Waals surface area contributed by atoms with Gasteiger partial charge in [-0.25, -0.2) is 4.98 Å². The molecule has 0 fully saturated rings. The van der Waals surface area contributed by atoms with Crippen molar-refractivity contribution < 1.29 is 14.3 Å². The molecule has 0 bridgehead atoms. The normalized spacial score (nSPS) is 11.0. The number of ether oxygens (including phenoxy) is 2. The smallest absolute Gasteiger partial charge is 0.244 e. The van der Waals surface area contributed by atoms with Crippen LogP contribution in [0.3, 0.4) is 0 Å². The van der Waals surface area contributed by atoms with E-state index < -0.39 is 0 Å². The summed E-state index contributed by atoms with van der Waals surface area (Å²) in [5, 5.41) is 5.86. The Balaban J connectivity index is 1.78. The topological polar surface area (TPSA) is 60.5 Å². The van der Waals surface area contributed by atoms with Gasteiger partial charge in [-0.15, -0.1) is 11.3 Å². The van der Waals surface area contributed by atoms with E-state index in [4.69, 9.17) is 9.47 Å². The van der Waals surface area contributed by atoms with Crippen molar-refractivity contribution in [3.05, 3.63) is 52.0 Å². The van der Waals surface area contributed by atoms with Gasteiger partial charge in [0.05, 0.1) is 10.7 Å². The molecule has 6 heteroatoms. The van der Waals surface area contributed by atoms with Gasteiger partial charge in [-0.1, -0.05) is 12.1 Å². The van der Waals surface area contributed by atoms with Crippen LogP contribution in [-0.2, 0) is 16.1 Å². The highest BCUT2D eigenvalue weighted by Gasteiger charge is 2.01. The molecule has 1 N–H and O–H groups in total. The zero-order valence-electron chi connectivity index (χ0n) is 14.7. The number of nitrogens with zero attached hydrogens (tertiary/aromatic N) is 1. The molecule has 1 heterocycles. The standard InChI is InChI=1S/C19H24N2O3S/c1-3-23-11-5-10-20-19(22)9-8-16-6-4-7-18(12-16)24-13-17-14-25-15(2)21-17/h4,6-9,12,14H,3,5,10-11,13H2,1-2H3,(H,20,22). The van der Waals surface area contributed by atoms with E-state index in [0.717, 1.165) is 28.4 Å². The summed E-state index contributed by atoms with van der Waals surface area (Å²) in [4.78, 5) is 16.1. The fourth-order valence-electron chi connectivity index (χ4n) is 2.10. The minimum Gasteiger partial charge on any atom is -0.487 e. The molecule has 1 aromatic heterocycles. The first-order chi connectivity index (χ1) is 12.2. The van der Waals surface area contributed by atoms with Crippen molar-refractivity contribution in [1.82, 2.24) is 10.3 Å². The molecule has 5 nitrogen and oxygen atoms in total. The lowest BCUT2D eigenvalue weighted by molar-refractivity contribution is -0.116. The Kier molecular flexibility index (Phi) is 8.15. The number of benzene rings is 1. The summed E-state index contributed by atoms with van der Waals surface area (Å²) in [7, 11) is 0. The summed E-state index contributed by atoms with van der Waals surface area (Å²) >= 11 is 1.61. The minimum atomic E-state index is -0.110. The minimum absolute atomic E-state index is 0.110. The Bertz CT molecular complexity index is 697. The first-order valence-corrected chi connectivity index (χ1v) is 9.23. The number of hydrogen-bond acceptors (Lipinski definition) is 5. The van der Waals surface area contributed by atoms with Crippen LogP contribution >= 0.6 is 11.3 Å². The molecule has 0 spiro atoms. The number of amides is 1. The highest BCUT2D eigenvalue weighted by molar-refractivity contribution is 7.09. The molecule has 134 valence electrons. The van der Waals surface area contributed by atoms with E-state index in [2.05, 4.69) is 10.3 Å². The fraction of sp³-hybridized carbons (Fsp3) is 0.368. The maximum absolute atomic E-state index is 11.8. The Morgan fingerprint density at radius 1 is 1.40 bits per heavy atom. The Morgan fingerprint density at radius 3 is 3.04 bits per heavy atom. The molecule has 1 amide bonds. The van der Waals surface area contributed by atoms with Crippen LogP contribution in [0, 0.1) is 6.92 Å². The van der Waals surface area contributed by atoms with Crippen LogP contribution in [0.25, 0.3) is 6.08 Å². The van der Waals surface area contributed by atoms with Gasteiger partial charge in [-0.2, -0.15) is 0 Å². The van der Waals surface area contributed by atoms with Gasteiger partial charge in [0.1, 0.15) is 12.4 Å². The van der Waals surface area contributed by atoms with Crippen molar-refractivity contribution in [2.24, 2.45) is 0 Å². The summed E-state index contributed by atoms with van der Waals surface area (Å²) in [5.74, 6) is 0.644. The monoisotopic (exact) mass is 360 g/mol. The maximum Gasteiger partial charge on any atom is 0.244 e. The third-order valence-corrected chi connectivity index (χ3v) is 4.13. The maximum atomic E-state index is 11.8. The SMILES string of the molecule is CCOCCCNC(=O)C=Cc1cccc(OCc2csc(C)n2)c1. The molecule has 0 atom stereocenters. The second kappa shape index (κ2) is 10.6. The average molecular weight is 360 g/mol. The number of carbonyl (C=O) groups excluding carboxylic acids is 1. The second-order valence-corrected chi connectivity index (χ2v) is 6.46. The first kappa shape index (κ1) is 19.1. The number of thiazole rings is 1. The largest absolute Gasteiger partial charge is 0.487 e. The van der Waals surface area contributed by atoms with Gasteiger partial charge in [0.15, 0.2) is 0 Å². The molecule has 0 aliphatic heterocycles.